The minimum Gasteiger partial charge on any atom is -0.539 e. The third-order valence-electron chi connectivity index (χ3n) is 0. The van der Waals surface area contributed by atoms with Crippen molar-refractivity contribution in [2.75, 3.05) is 0 Å². The predicted molar refractivity (Wildman–Crippen MR) is 34.5 cm³/mol. The summed E-state index contributed by atoms with van der Waals surface area (Å²) in [4.78, 5) is 17.5. The van der Waals surface area contributed by atoms with Gasteiger partial charge in [0.1, 0.15) is 0 Å². The Morgan fingerprint density at radius 2 is 1.00 bits per heavy atom. The van der Waals surface area contributed by atoms with Crippen LogP contribution in [0.5, 0.6) is 0 Å². The van der Waals surface area contributed by atoms with Crippen LogP contribution in [0.25, 0.3) is 0 Å². The van der Waals surface area contributed by atoms with Crippen molar-refractivity contribution in [3.63, 3.8) is 0 Å². The van der Waals surface area contributed by atoms with E-state index in [0.29, 0.717) is 0 Å². The minimum atomic E-state index is -1.39. The Hall–Kier alpha value is 0.562. The van der Waals surface area contributed by atoms with E-state index in [2.05, 4.69) is 25.3 Å². The maximum Gasteiger partial charge on any atom is 2.00 e. The summed E-state index contributed by atoms with van der Waals surface area (Å²) in [7, 11) is 0. The first kappa shape index (κ1) is 16.3. The van der Waals surface area contributed by atoms with Gasteiger partial charge < -0.3 is 19.8 Å². The van der Waals surface area contributed by atoms with Crippen molar-refractivity contribution in [2.24, 2.45) is 0 Å². The van der Waals surface area contributed by atoms with Gasteiger partial charge in [-0.25, -0.2) is 0 Å². The topological polar surface area (TPSA) is 80.3 Å². The van der Waals surface area contributed by atoms with Gasteiger partial charge in [0.2, 0.25) is 0 Å². The second kappa shape index (κ2) is 11.4. The van der Waals surface area contributed by atoms with Gasteiger partial charge in [-0.1, -0.05) is 0 Å². The molecule has 0 aromatic carbocycles. The third kappa shape index (κ3) is 1170. The van der Waals surface area contributed by atoms with Crippen molar-refractivity contribution >= 4 is 63.2 Å². The van der Waals surface area contributed by atoms with E-state index < -0.39 is 10.6 Å². The number of hydrogen-bond donors (Lipinski definition) is 2. The molecule has 50 valence electrons. The van der Waals surface area contributed by atoms with Crippen LogP contribution in [-0.2, 0) is 0 Å². The normalized spacial score (nSPS) is 5.56. The van der Waals surface area contributed by atoms with Gasteiger partial charge in [-0.05, 0) is 0 Å². The van der Waals surface area contributed by atoms with Crippen molar-refractivity contribution in [3.8, 4) is 0 Å². The summed E-state index contributed by atoms with van der Waals surface area (Å²) in [5.41, 5.74) is 0. The number of rotatable bonds is 0. The van der Waals surface area contributed by atoms with Gasteiger partial charge in [0.15, 0.2) is 0 Å². The Bertz CT molecular complexity index is 74.6. The molecule has 0 amide bonds. The van der Waals surface area contributed by atoms with E-state index in [1.807, 2.05) is 0 Å². The Morgan fingerprint density at radius 1 is 1.00 bits per heavy atom. The summed E-state index contributed by atoms with van der Waals surface area (Å²) in [5.74, 6) is 0. The smallest absolute Gasteiger partial charge is 0.539 e. The first-order valence-corrected chi connectivity index (χ1v) is 2.16. The van der Waals surface area contributed by atoms with E-state index >= 15 is 0 Å². The zero-order valence-electron chi connectivity index (χ0n) is 4.03. The monoisotopic (exact) mass is 362 g/mol. The zero-order chi connectivity index (χ0) is 7.15. The van der Waals surface area contributed by atoms with E-state index in [1.165, 1.54) is 0 Å². The maximum absolute atomic E-state index is 8.75. The summed E-state index contributed by atoms with van der Waals surface area (Å²) < 4.78 is 0. The molecule has 0 aromatic rings. The molecule has 0 unspecified atom stereocenters. The average molecular weight is 361 g/mol. The second-order valence-electron chi connectivity index (χ2n) is 0.532. The average Bonchev–Trinajstić information content (AvgIpc) is 1.25. The van der Waals surface area contributed by atoms with Gasteiger partial charge in [-0.3, -0.25) is 0 Å². The molecule has 9 heavy (non-hydrogen) atoms. The molecule has 0 aromatic heterocycles. The van der Waals surface area contributed by atoms with Crippen LogP contribution in [0.2, 0.25) is 0 Å². The first-order valence-electron chi connectivity index (χ1n) is 1.26. The van der Waals surface area contributed by atoms with Crippen molar-refractivity contribution in [2.45, 2.75) is 0 Å². The van der Waals surface area contributed by atoms with Crippen LogP contribution >= 0.6 is 25.3 Å². The van der Waals surface area contributed by atoms with Crippen molar-refractivity contribution in [3.05, 3.63) is 0 Å². The Balaban J connectivity index is -0.0000000720. The summed E-state index contributed by atoms with van der Waals surface area (Å²) in [6, 6.07) is 0. The maximum atomic E-state index is 8.75. The first-order chi connectivity index (χ1) is 3.46. The van der Waals surface area contributed by atoms with Crippen LogP contribution < -0.4 is 10.2 Å². The van der Waals surface area contributed by atoms with Crippen molar-refractivity contribution in [1.82, 2.24) is 0 Å². The molecule has 0 heterocycles. The second-order valence-corrected chi connectivity index (χ2v) is 1.26. The van der Waals surface area contributed by atoms with E-state index in [0.717, 1.165) is 0 Å². The molecule has 7 heteroatoms. The van der Waals surface area contributed by atoms with E-state index in [-0.39, 0.29) is 27.3 Å². The van der Waals surface area contributed by atoms with Gasteiger partial charge >= 0.3 is 27.3 Å². The SMILES string of the molecule is O=C([O-])S.O=C([O-])S.[Pb+2]. The van der Waals surface area contributed by atoms with Crippen LogP contribution in [0, 0.1) is 0 Å². The van der Waals surface area contributed by atoms with E-state index in [9.17, 15) is 0 Å². The van der Waals surface area contributed by atoms with Crippen LogP contribution in [0.1, 0.15) is 0 Å². The molecule has 0 rings (SSSR count). The molecule has 0 bridgehead atoms. The summed E-state index contributed by atoms with van der Waals surface area (Å²) in [6.07, 6.45) is 0. The third-order valence-corrected chi connectivity index (χ3v) is 0. The molecule has 0 spiro atoms. The number of carbonyl (C=O) groups excluding carboxylic acids is 2. The van der Waals surface area contributed by atoms with Gasteiger partial charge in [0.05, 0.1) is 10.6 Å². The molecule has 0 aliphatic carbocycles. The zero-order valence-corrected chi connectivity index (χ0v) is 9.70. The van der Waals surface area contributed by atoms with E-state index in [4.69, 9.17) is 19.8 Å². The Labute approximate surface area is 82.6 Å². The molecular formula is C2H2O4PbS2. The summed E-state index contributed by atoms with van der Waals surface area (Å²) >= 11 is 5.54. The molecule has 4 nitrogen and oxygen atoms in total. The number of thiol groups is 2. The fourth-order valence-electron chi connectivity index (χ4n) is 0. The molecular weight excluding hydrogens is 359 g/mol. The molecule has 0 atom stereocenters. The Morgan fingerprint density at radius 3 is 1.00 bits per heavy atom. The number of carboxylic acid groups (broad SMARTS) is 2. The van der Waals surface area contributed by atoms with Crippen molar-refractivity contribution in [1.29, 1.82) is 0 Å². The fourth-order valence-corrected chi connectivity index (χ4v) is 0. The fraction of sp³-hybridized carbons (Fsp3) is 0. The predicted octanol–water partition coefficient (Wildman–Crippen LogP) is -1.86. The summed E-state index contributed by atoms with van der Waals surface area (Å²) in [6.45, 7) is 0. The van der Waals surface area contributed by atoms with Crippen LogP contribution in [0.3, 0.4) is 0 Å². The van der Waals surface area contributed by atoms with Gasteiger partial charge in [0, 0.05) is 0 Å². The van der Waals surface area contributed by atoms with Crippen molar-refractivity contribution < 1.29 is 19.8 Å². The van der Waals surface area contributed by atoms with E-state index in [1.54, 1.807) is 0 Å². The largest absolute Gasteiger partial charge is 2.00 e. The molecule has 0 saturated heterocycles. The number of carbonyl (C=O) groups is 2. The standard InChI is InChI=1S/2CH2O2S.Pb/c2*2-1(3)4;/h2*4H,(H,2,3);/q;;+2/p-2. The quantitative estimate of drug-likeness (QED) is 0.392. The molecule has 0 aliphatic rings. The number of hydrogen-bond acceptors (Lipinski definition) is 4. The van der Waals surface area contributed by atoms with Crippen LogP contribution in [0.15, 0.2) is 0 Å². The molecule has 0 saturated carbocycles. The molecule has 0 N–H and O–H groups in total. The molecule has 0 fully saturated rings. The van der Waals surface area contributed by atoms with Gasteiger partial charge in [-0.2, -0.15) is 0 Å². The minimum absolute atomic E-state index is 0. The Kier molecular flexibility index (Phi) is 20.6. The molecule has 0 aliphatic heterocycles. The molecule has 2 radical (unpaired) electrons. The van der Waals surface area contributed by atoms with Crippen LogP contribution in [-0.4, -0.2) is 37.9 Å². The van der Waals surface area contributed by atoms with Gasteiger partial charge in [-0.15, -0.1) is 25.3 Å². The van der Waals surface area contributed by atoms with Crippen LogP contribution in [0.4, 0.5) is 9.59 Å². The van der Waals surface area contributed by atoms with Gasteiger partial charge in [0.25, 0.3) is 0 Å². The summed E-state index contributed by atoms with van der Waals surface area (Å²) in [5, 5.41) is 14.7.